The number of rotatable bonds is 4. The minimum Gasteiger partial charge on any atom is -0.392 e. The van der Waals surface area contributed by atoms with Crippen LogP contribution in [0.5, 0.6) is 0 Å². The second-order valence-corrected chi connectivity index (χ2v) is 6.06. The van der Waals surface area contributed by atoms with Crippen molar-refractivity contribution < 1.29 is 18.3 Å². The van der Waals surface area contributed by atoms with Gasteiger partial charge in [-0.3, -0.25) is 5.10 Å². The molecule has 1 aliphatic heterocycles. The van der Waals surface area contributed by atoms with E-state index >= 15 is 0 Å². The van der Waals surface area contributed by atoms with E-state index in [0.717, 1.165) is 0 Å². The van der Waals surface area contributed by atoms with E-state index in [1.807, 2.05) is 6.92 Å². The molecule has 1 saturated heterocycles. The van der Waals surface area contributed by atoms with Gasteiger partial charge in [-0.25, -0.2) is 13.1 Å². The molecule has 102 valence electrons. The van der Waals surface area contributed by atoms with Crippen LogP contribution in [0.3, 0.4) is 0 Å². The molecule has 0 aliphatic carbocycles. The van der Waals surface area contributed by atoms with Crippen molar-refractivity contribution in [2.24, 2.45) is 0 Å². The summed E-state index contributed by atoms with van der Waals surface area (Å²) in [5.74, 6) is 0. The van der Waals surface area contributed by atoms with Gasteiger partial charge in [-0.15, -0.1) is 0 Å². The Bertz CT molecular complexity index is 499. The van der Waals surface area contributed by atoms with E-state index in [2.05, 4.69) is 14.9 Å². The van der Waals surface area contributed by atoms with Crippen LogP contribution < -0.4 is 4.72 Å². The van der Waals surface area contributed by atoms with Gasteiger partial charge in [-0.2, -0.15) is 5.10 Å². The van der Waals surface area contributed by atoms with E-state index in [0.29, 0.717) is 19.4 Å². The number of sulfonamides is 1. The zero-order valence-electron chi connectivity index (χ0n) is 10.1. The highest BCUT2D eigenvalue weighted by Crippen LogP contribution is 2.17. The molecule has 0 amide bonds. The van der Waals surface area contributed by atoms with Gasteiger partial charge in [0.15, 0.2) is 5.03 Å². The van der Waals surface area contributed by atoms with Crippen LogP contribution >= 0.6 is 0 Å². The lowest BCUT2D eigenvalue weighted by Crippen LogP contribution is -2.41. The zero-order chi connectivity index (χ0) is 13.2. The number of ether oxygens (including phenoxy) is 1. The molecule has 2 atom stereocenters. The Balaban J connectivity index is 2.12. The molecule has 0 saturated carbocycles. The molecule has 1 aliphatic rings. The van der Waals surface area contributed by atoms with Crippen molar-refractivity contribution in [3.8, 4) is 0 Å². The maximum Gasteiger partial charge on any atom is 0.258 e. The van der Waals surface area contributed by atoms with Crippen molar-refractivity contribution >= 4 is 10.0 Å². The van der Waals surface area contributed by atoms with Crippen molar-refractivity contribution in [1.29, 1.82) is 0 Å². The second-order valence-electron chi connectivity index (χ2n) is 4.41. The molecule has 0 radical (unpaired) electrons. The Morgan fingerprint density at radius 3 is 3.11 bits per heavy atom. The van der Waals surface area contributed by atoms with Crippen molar-refractivity contribution in [2.75, 3.05) is 6.61 Å². The van der Waals surface area contributed by atoms with Crippen LogP contribution in [0.4, 0.5) is 0 Å². The smallest absolute Gasteiger partial charge is 0.258 e. The summed E-state index contributed by atoms with van der Waals surface area (Å²) in [6.07, 6.45) is 2.64. The van der Waals surface area contributed by atoms with Gasteiger partial charge in [-0.1, -0.05) is 0 Å². The minimum atomic E-state index is -3.67. The molecule has 2 unspecified atom stereocenters. The third-order valence-corrected chi connectivity index (χ3v) is 4.46. The molecule has 7 nitrogen and oxygen atoms in total. The number of aliphatic hydroxyl groups excluding tert-OH is 1. The lowest BCUT2D eigenvalue weighted by molar-refractivity contribution is 0.0173. The lowest BCUT2D eigenvalue weighted by atomic mass is 10.1. The predicted molar refractivity (Wildman–Crippen MR) is 63.3 cm³/mol. The summed E-state index contributed by atoms with van der Waals surface area (Å²) >= 11 is 0. The SMILES string of the molecule is CC1CC(NS(=O)(=O)c2[nH]ncc2CO)CCO1. The Morgan fingerprint density at radius 2 is 2.44 bits per heavy atom. The first-order valence-corrected chi connectivity index (χ1v) is 7.28. The van der Waals surface area contributed by atoms with Crippen molar-refractivity contribution in [3.63, 3.8) is 0 Å². The predicted octanol–water partition coefficient (Wildman–Crippen LogP) is -0.252. The number of aromatic nitrogens is 2. The molecule has 0 aromatic carbocycles. The van der Waals surface area contributed by atoms with Gasteiger partial charge in [0.1, 0.15) is 0 Å². The topological polar surface area (TPSA) is 104 Å². The van der Waals surface area contributed by atoms with Gasteiger partial charge in [0.2, 0.25) is 0 Å². The van der Waals surface area contributed by atoms with E-state index < -0.39 is 10.0 Å². The largest absolute Gasteiger partial charge is 0.392 e. The first-order chi connectivity index (χ1) is 8.53. The quantitative estimate of drug-likeness (QED) is 0.702. The standard InChI is InChI=1S/C10H17N3O4S/c1-7-4-9(2-3-17-7)13-18(15,16)10-8(6-14)5-11-12-10/h5,7,9,13-14H,2-4,6H2,1H3,(H,11,12). The van der Waals surface area contributed by atoms with E-state index in [-0.39, 0.29) is 29.3 Å². The fraction of sp³-hybridized carbons (Fsp3) is 0.700. The first kappa shape index (κ1) is 13.5. The summed E-state index contributed by atoms with van der Waals surface area (Å²) in [5, 5.41) is 15.0. The van der Waals surface area contributed by atoms with Crippen LogP contribution in [0.25, 0.3) is 0 Å². The molecule has 0 bridgehead atoms. The van der Waals surface area contributed by atoms with Gasteiger partial charge in [-0.05, 0) is 19.8 Å². The third-order valence-electron chi connectivity index (χ3n) is 2.92. The normalized spacial score (nSPS) is 25.2. The van der Waals surface area contributed by atoms with E-state index in [9.17, 15) is 8.42 Å². The van der Waals surface area contributed by atoms with Gasteiger partial charge >= 0.3 is 0 Å². The van der Waals surface area contributed by atoms with Gasteiger partial charge in [0.25, 0.3) is 10.0 Å². The van der Waals surface area contributed by atoms with Crippen LogP contribution in [0.15, 0.2) is 11.2 Å². The molecule has 2 heterocycles. The maximum atomic E-state index is 12.1. The molecule has 8 heteroatoms. The van der Waals surface area contributed by atoms with Crippen molar-refractivity contribution in [1.82, 2.24) is 14.9 Å². The summed E-state index contributed by atoms with van der Waals surface area (Å²) in [4.78, 5) is 0. The van der Waals surface area contributed by atoms with E-state index in [4.69, 9.17) is 9.84 Å². The molecule has 1 aromatic heterocycles. The lowest BCUT2D eigenvalue weighted by Gasteiger charge is -2.27. The Labute approximate surface area is 106 Å². The van der Waals surface area contributed by atoms with Crippen molar-refractivity contribution in [2.45, 2.75) is 43.5 Å². The maximum absolute atomic E-state index is 12.1. The molecular formula is C10H17N3O4S. The van der Waals surface area contributed by atoms with Gasteiger partial charge in [0.05, 0.1) is 18.9 Å². The Hall–Kier alpha value is -0.960. The van der Waals surface area contributed by atoms with E-state index in [1.54, 1.807) is 0 Å². The highest BCUT2D eigenvalue weighted by molar-refractivity contribution is 7.89. The fourth-order valence-corrected chi connectivity index (χ4v) is 3.43. The third kappa shape index (κ3) is 2.89. The van der Waals surface area contributed by atoms with Gasteiger partial charge < -0.3 is 9.84 Å². The Kier molecular flexibility index (Phi) is 4.00. The number of hydrogen-bond donors (Lipinski definition) is 3. The van der Waals surface area contributed by atoms with Gasteiger partial charge in [0, 0.05) is 18.2 Å². The first-order valence-electron chi connectivity index (χ1n) is 5.80. The molecule has 3 N–H and O–H groups in total. The fourth-order valence-electron chi connectivity index (χ4n) is 2.03. The molecule has 2 rings (SSSR count). The number of aliphatic hydroxyl groups is 1. The summed E-state index contributed by atoms with van der Waals surface area (Å²) < 4.78 is 32.2. The van der Waals surface area contributed by atoms with Crippen molar-refractivity contribution in [3.05, 3.63) is 11.8 Å². The monoisotopic (exact) mass is 275 g/mol. The summed E-state index contributed by atoms with van der Waals surface area (Å²) in [5.41, 5.74) is 0.266. The molecule has 18 heavy (non-hydrogen) atoms. The number of nitrogens with one attached hydrogen (secondary N) is 2. The minimum absolute atomic E-state index is 0.0468. The number of aromatic amines is 1. The van der Waals surface area contributed by atoms with E-state index in [1.165, 1.54) is 6.20 Å². The molecule has 0 spiro atoms. The number of nitrogens with zero attached hydrogens (tertiary/aromatic N) is 1. The number of hydrogen-bond acceptors (Lipinski definition) is 5. The number of H-pyrrole nitrogens is 1. The average Bonchev–Trinajstić information content (AvgIpc) is 2.77. The van der Waals surface area contributed by atoms with Crippen LogP contribution in [0.1, 0.15) is 25.3 Å². The average molecular weight is 275 g/mol. The summed E-state index contributed by atoms with van der Waals surface area (Å²) in [6, 6.07) is -0.145. The van der Waals surface area contributed by atoms with Crippen LogP contribution in [0, 0.1) is 0 Å². The zero-order valence-corrected chi connectivity index (χ0v) is 10.9. The molecular weight excluding hydrogens is 258 g/mol. The van der Waals surface area contributed by atoms with Crippen LogP contribution in [-0.2, 0) is 21.4 Å². The Morgan fingerprint density at radius 1 is 1.67 bits per heavy atom. The molecule has 1 aromatic rings. The molecule has 1 fully saturated rings. The van der Waals surface area contributed by atoms with Crippen LogP contribution in [0.2, 0.25) is 0 Å². The highest BCUT2D eigenvalue weighted by atomic mass is 32.2. The highest BCUT2D eigenvalue weighted by Gasteiger charge is 2.27. The second kappa shape index (κ2) is 5.35. The summed E-state index contributed by atoms with van der Waals surface area (Å²) in [7, 11) is -3.67. The van der Waals surface area contributed by atoms with Crippen LogP contribution in [-0.4, -0.2) is 42.5 Å². The summed E-state index contributed by atoms with van der Waals surface area (Å²) in [6.45, 7) is 2.09.